The van der Waals surface area contributed by atoms with Gasteiger partial charge in [0.2, 0.25) is 11.8 Å². The number of amides is 2. The molecule has 1 aliphatic heterocycles. The van der Waals surface area contributed by atoms with Crippen molar-refractivity contribution in [2.75, 3.05) is 17.2 Å². The highest BCUT2D eigenvalue weighted by molar-refractivity contribution is 8.00. The molecule has 8 heteroatoms. The highest BCUT2D eigenvalue weighted by Gasteiger charge is 2.26. The first kappa shape index (κ1) is 15.5. The maximum absolute atomic E-state index is 12.2. The minimum absolute atomic E-state index is 0.0106. The van der Waals surface area contributed by atoms with Crippen LogP contribution < -0.4 is 10.2 Å². The lowest BCUT2D eigenvalue weighted by Crippen LogP contribution is -2.43. The lowest BCUT2D eigenvalue weighted by molar-refractivity contribution is -0.123. The molecule has 23 heavy (non-hydrogen) atoms. The summed E-state index contributed by atoms with van der Waals surface area (Å²) in [5.74, 6) is 0.780. The number of thioether (sulfide) groups is 1. The maximum Gasteiger partial charge on any atom is 0.240 e. The molecule has 0 saturated heterocycles. The quantitative estimate of drug-likeness (QED) is 0.886. The average molecular weight is 331 g/mol. The number of carbonyl (C=O) groups excluding carboxylic acids is 2. The Balaban J connectivity index is 1.65. The number of para-hydroxylation sites is 1. The van der Waals surface area contributed by atoms with Gasteiger partial charge in [-0.15, -0.1) is 22.0 Å². The molecule has 2 aromatic rings. The Morgan fingerprint density at radius 2 is 2.22 bits per heavy atom. The number of aryl methyl sites for hydroxylation is 1. The van der Waals surface area contributed by atoms with E-state index in [9.17, 15) is 9.59 Å². The van der Waals surface area contributed by atoms with Gasteiger partial charge in [0.05, 0.1) is 18.0 Å². The fourth-order valence-corrected chi connectivity index (χ4v) is 3.32. The van der Waals surface area contributed by atoms with Crippen LogP contribution in [-0.2, 0) is 22.7 Å². The Morgan fingerprint density at radius 3 is 3.04 bits per heavy atom. The topological polar surface area (TPSA) is 80.1 Å². The van der Waals surface area contributed by atoms with Gasteiger partial charge in [0.15, 0.2) is 5.82 Å². The summed E-state index contributed by atoms with van der Waals surface area (Å²) in [6.07, 6.45) is 1.63. The number of anilines is 1. The molecule has 0 saturated carbocycles. The van der Waals surface area contributed by atoms with Gasteiger partial charge in [0.1, 0.15) is 12.9 Å². The Labute approximate surface area is 138 Å². The van der Waals surface area contributed by atoms with E-state index in [1.165, 1.54) is 16.7 Å². The summed E-state index contributed by atoms with van der Waals surface area (Å²) >= 11 is 1.50. The van der Waals surface area contributed by atoms with Crippen molar-refractivity contribution in [3.05, 3.63) is 36.4 Å². The van der Waals surface area contributed by atoms with Gasteiger partial charge in [-0.3, -0.25) is 9.59 Å². The second-order valence-corrected chi connectivity index (χ2v) is 6.06. The Kier molecular flexibility index (Phi) is 4.61. The molecule has 0 fully saturated rings. The second kappa shape index (κ2) is 6.82. The molecule has 1 aromatic carbocycles. The molecular formula is C15H17N5O2S. The van der Waals surface area contributed by atoms with Gasteiger partial charge in [-0.1, -0.05) is 12.1 Å². The number of hydrogen-bond donors (Lipinski definition) is 1. The van der Waals surface area contributed by atoms with E-state index in [2.05, 4.69) is 15.5 Å². The van der Waals surface area contributed by atoms with Crippen LogP contribution in [0.15, 0.2) is 35.5 Å². The zero-order chi connectivity index (χ0) is 16.2. The first-order valence-electron chi connectivity index (χ1n) is 7.34. The molecule has 0 bridgehead atoms. The van der Waals surface area contributed by atoms with E-state index in [0.29, 0.717) is 18.1 Å². The third kappa shape index (κ3) is 3.37. The molecule has 3 rings (SSSR count). The van der Waals surface area contributed by atoms with E-state index >= 15 is 0 Å². The minimum Gasteiger partial charge on any atom is -0.347 e. The number of carbonyl (C=O) groups is 2. The van der Waals surface area contributed by atoms with Gasteiger partial charge in [0, 0.05) is 11.4 Å². The molecule has 2 heterocycles. The standard InChI is InChI=1S/C15H17N5O2S/c1-2-19-10-17-18-13(19)7-16-14(21)8-20-11-5-3-4-6-12(11)23-9-15(20)22/h3-6,10H,2,7-9H2,1H3,(H,16,21). The fourth-order valence-electron chi connectivity index (χ4n) is 2.38. The van der Waals surface area contributed by atoms with E-state index in [1.54, 1.807) is 6.33 Å². The summed E-state index contributed by atoms with van der Waals surface area (Å²) in [4.78, 5) is 26.9. The Hall–Kier alpha value is -2.35. The van der Waals surface area contributed by atoms with Crippen LogP contribution >= 0.6 is 11.8 Å². The van der Waals surface area contributed by atoms with Crippen LogP contribution in [0.3, 0.4) is 0 Å². The van der Waals surface area contributed by atoms with Gasteiger partial charge in [-0.25, -0.2) is 0 Å². The zero-order valence-electron chi connectivity index (χ0n) is 12.7. The number of nitrogens with zero attached hydrogens (tertiary/aromatic N) is 4. The number of fused-ring (bicyclic) bond motifs is 1. The van der Waals surface area contributed by atoms with Gasteiger partial charge in [0.25, 0.3) is 0 Å². The normalized spacial score (nSPS) is 13.8. The third-order valence-electron chi connectivity index (χ3n) is 3.59. The van der Waals surface area contributed by atoms with Gasteiger partial charge < -0.3 is 14.8 Å². The van der Waals surface area contributed by atoms with Crippen LogP contribution in [0.1, 0.15) is 12.7 Å². The van der Waals surface area contributed by atoms with Crippen LogP contribution in [-0.4, -0.2) is 38.9 Å². The van der Waals surface area contributed by atoms with Crippen molar-refractivity contribution < 1.29 is 9.59 Å². The van der Waals surface area contributed by atoms with Crippen molar-refractivity contribution in [2.24, 2.45) is 0 Å². The Morgan fingerprint density at radius 1 is 1.39 bits per heavy atom. The summed E-state index contributed by atoms with van der Waals surface area (Å²) in [5.41, 5.74) is 0.792. The monoisotopic (exact) mass is 331 g/mol. The highest BCUT2D eigenvalue weighted by Crippen LogP contribution is 2.34. The number of nitrogens with one attached hydrogen (secondary N) is 1. The summed E-state index contributed by atoms with van der Waals surface area (Å²) < 4.78 is 1.86. The van der Waals surface area contributed by atoms with E-state index in [0.717, 1.165) is 17.1 Å². The number of rotatable bonds is 5. The van der Waals surface area contributed by atoms with Crippen molar-refractivity contribution in [2.45, 2.75) is 24.9 Å². The molecule has 2 amide bonds. The summed E-state index contributed by atoms with van der Waals surface area (Å²) in [5, 5.41) is 10.6. The van der Waals surface area contributed by atoms with E-state index in [1.807, 2.05) is 35.8 Å². The molecule has 0 unspecified atom stereocenters. The first-order chi connectivity index (χ1) is 11.2. The molecule has 0 radical (unpaired) electrons. The summed E-state index contributed by atoms with van der Waals surface area (Å²) in [6, 6.07) is 7.62. The molecule has 0 aliphatic carbocycles. The fraction of sp³-hybridized carbons (Fsp3) is 0.333. The highest BCUT2D eigenvalue weighted by atomic mass is 32.2. The van der Waals surface area contributed by atoms with Crippen molar-refractivity contribution in [3.63, 3.8) is 0 Å². The molecule has 0 atom stereocenters. The zero-order valence-corrected chi connectivity index (χ0v) is 13.5. The number of hydrogen-bond acceptors (Lipinski definition) is 5. The number of aromatic nitrogens is 3. The molecule has 1 aromatic heterocycles. The molecular weight excluding hydrogens is 314 g/mol. The molecule has 7 nitrogen and oxygen atoms in total. The first-order valence-corrected chi connectivity index (χ1v) is 8.33. The molecule has 0 spiro atoms. The lowest BCUT2D eigenvalue weighted by atomic mass is 10.2. The minimum atomic E-state index is -0.217. The molecule has 120 valence electrons. The third-order valence-corrected chi connectivity index (χ3v) is 4.64. The average Bonchev–Trinajstić information content (AvgIpc) is 3.03. The molecule has 1 N–H and O–H groups in total. The Bertz CT molecular complexity index is 730. The van der Waals surface area contributed by atoms with E-state index in [4.69, 9.17) is 0 Å². The van der Waals surface area contributed by atoms with Gasteiger partial charge >= 0.3 is 0 Å². The van der Waals surface area contributed by atoms with Crippen molar-refractivity contribution in [1.82, 2.24) is 20.1 Å². The number of benzene rings is 1. The van der Waals surface area contributed by atoms with E-state index in [-0.39, 0.29) is 18.4 Å². The van der Waals surface area contributed by atoms with E-state index < -0.39 is 0 Å². The van der Waals surface area contributed by atoms with Crippen molar-refractivity contribution in [3.8, 4) is 0 Å². The summed E-state index contributed by atoms with van der Waals surface area (Å²) in [6.45, 7) is 3.03. The van der Waals surface area contributed by atoms with Crippen LogP contribution in [0, 0.1) is 0 Å². The largest absolute Gasteiger partial charge is 0.347 e. The van der Waals surface area contributed by atoms with Gasteiger partial charge in [-0.05, 0) is 19.1 Å². The summed E-state index contributed by atoms with van der Waals surface area (Å²) in [7, 11) is 0. The van der Waals surface area contributed by atoms with Crippen LogP contribution in [0.25, 0.3) is 0 Å². The van der Waals surface area contributed by atoms with Crippen molar-refractivity contribution >= 4 is 29.3 Å². The predicted octanol–water partition coefficient (Wildman–Crippen LogP) is 1.05. The van der Waals surface area contributed by atoms with Crippen LogP contribution in [0.2, 0.25) is 0 Å². The van der Waals surface area contributed by atoms with Crippen molar-refractivity contribution in [1.29, 1.82) is 0 Å². The van der Waals surface area contributed by atoms with Gasteiger partial charge in [-0.2, -0.15) is 0 Å². The lowest BCUT2D eigenvalue weighted by Gasteiger charge is -2.28. The van der Waals surface area contributed by atoms with Crippen LogP contribution in [0.4, 0.5) is 5.69 Å². The smallest absolute Gasteiger partial charge is 0.240 e. The predicted molar refractivity (Wildman–Crippen MR) is 87.1 cm³/mol. The second-order valence-electron chi connectivity index (χ2n) is 5.05. The molecule has 1 aliphatic rings. The van der Waals surface area contributed by atoms with Crippen LogP contribution in [0.5, 0.6) is 0 Å². The maximum atomic E-state index is 12.2. The SMILES string of the molecule is CCn1cnnc1CNC(=O)CN1C(=O)CSc2ccccc21.